The fraction of sp³-hybridized carbons (Fsp3) is 0.316. The number of hydrogen-bond donors (Lipinski definition) is 3. The van der Waals surface area contributed by atoms with E-state index in [4.69, 9.17) is 5.73 Å². The number of nitrogens with zero attached hydrogens (tertiary/aromatic N) is 3. The van der Waals surface area contributed by atoms with Crippen LogP contribution >= 0.6 is 0 Å². The molecule has 1 saturated heterocycles. The minimum absolute atomic E-state index is 0.0176. The number of amides is 2. The smallest absolute Gasteiger partial charge is 0.265 e. The summed E-state index contributed by atoms with van der Waals surface area (Å²) in [6, 6.07) is 8.73. The topological polar surface area (TPSA) is 143 Å². The SMILES string of the molecule is Cn1cc(S(=O)(=O)N2CCC(C(=O)Nc3nc4ccccc4[nH]3)CC2)cc1C(N)=O. The van der Waals surface area contributed by atoms with Crippen LogP contribution in [0.15, 0.2) is 41.4 Å². The van der Waals surface area contributed by atoms with Gasteiger partial charge in [0.1, 0.15) is 10.6 Å². The second kappa shape index (κ2) is 7.58. The third-order valence-corrected chi connectivity index (χ3v) is 7.19. The van der Waals surface area contributed by atoms with Gasteiger partial charge in [0, 0.05) is 32.3 Å². The van der Waals surface area contributed by atoms with Crippen LogP contribution in [0.3, 0.4) is 0 Å². The lowest BCUT2D eigenvalue weighted by Crippen LogP contribution is -2.41. The first-order chi connectivity index (χ1) is 14.3. The predicted octanol–water partition coefficient (Wildman–Crippen LogP) is 1.04. The van der Waals surface area contributed by atoms with Gasteiger partial charge < -0.3 is 15.3 Å². The summed E-state index contributed by atoms with van der Waals surface area (Å²) in [5, 5.41) is 2.78. The first-order valence-electron chi connectivity index (χ1n) is 9.47. The van der Waals surface area contributed by atoms with Crippen molar-refractivity contribution in [1.82, 2.24) is 18.8 Å². The summed E-state index contributed by atoms with van der Waals surface area (Å²) >= 11 is 0. The van der Waals surface area contributed by atoms with Gasteiger partial charge >= 0.3 is 0 Å². The lowest BCUT2D eigenvalue weighted by Gasteiger charge is -2.30. The number of aromatic nitrogens is 3. The third-order valence-electron chi connectivity index (χ3n) is 5.33. The minimum Gasteiger partial charge on any atom is -0.364 e. The molecule has 3 heterocycles. The van der Waals surface area contributed by atoms with E-state index in [0.717, 1.165) is 11.0 Å². The highest BCUT2D eigenvalue weighted by Crippen LogP contribution is 2.26. The van der Waals surface area contributed by atoms with Crippen molar-refractivity contribution in [1.29, 1.82) is 0 Å². The molecule has 30 heavy (non-hydrogen) atoms. The van der Waals surface area contributed by atoms with Gasteiger partial charge in [0.05, 0.1) is 11.0 Å². The summed E-state index contributed by atoms with van der Waals surface area (Å²) in [5.41, 5.74) is 6.97. The first-order valence-corrected chi connectivity index (χ1v) is 10.9. The molecule has 3 aromatic rings. The molecule has 1 fully saturated rings. The quantitative estimate of drug-likeness (QED) is 0.554. The van der Waals surface area contributed by atoms with Gasteiger partial charge in [0.15, 0.2) is 0 Å². The van der Waals surface area contributed by atoms with Crippen molar-refractivity contribution in [2.75, 3.05) is 18.4 Å². The number of aryl methyl sites for hydroxylation is 1. The number of H-pyrrole nitrogens is 1. The number of para-hydroxylation sites is 2. The highest BCUT2D eigenvalue weighted by Gasteiger charge is 2.33. The number of primary amides is 1. The molecule has 1 aromatic carbocycles. The van der Waals surface area contributed by atoms with Crippen molar-refractivity contribution in [2.24, 2.45) is 18.7 Å². The molecular weight excluding hydrogens is 408 g/mol. The molecule has 0 spiro atoms. The molecule has 4 N–H and O–H groups in total. The summed E-state index contributed by atoms with van der Waals surface area (Å²) in [4.78, 5) is 31.4. The van der Waals surface area contributed by atoms with Crippen LogP contribution < -0.4 is 11.1 Å². The normalized spacial score (nSPS) is 16.0. The summed E-state index contributed by atoms with van der Waals surface area (Å²) in [6.45, 7) is 0.419. The number of hydrogen-bond acceptors (Lipinski definition) is 5. The van der Waals surface area contributed by atoms with Crippen molar-refractivity contribution >= 4 is 38.8 Å². The molecular formula is C19H22N6O4S. The van der Waals surface area contributed by atoms with Gasteiger partial charge in [-0.2, -0.15) is 4.31 Å². The van der Waals surface area contributed by atoms with E-state index >= 15 is 0 Å². The van der Waals surface area contributed by atoms with Gasteiger partial charge in [0.25, 0.3) is 5.91 Å². The molecule has 158 valence electrons. The third kappa shape index (κ3) is 3.68. The van der Waals surface area contributed by atoms with Crippen LogP contribution in [-0.4, -0.2) is 52.2 Å². The number of nitrogens with two attached hydrogens (primary N) is 1. The molecule has 1 aliphatic heterocycles. The zero-order valence-electron chi connectivity index (χ0n) is 16.3. The number of sulfonamides is 1. The van der Waals surface area contributed by atoms with Crippen LogP contribution in [0, 0.1) is 5.92 Å². The average Bonchev–Trinajstić information content (AvgIpc) is 3.31. The average molecular weight is 430 g/mol. The number of benzene rings is 1. The molecule has 0 saturated carbocycles. The van der Waals surface area contributed by atoms with Crippen molar-refractivity contribution in [3.05, 3.63) is 42.2 Å². The Morgan fingerprint density at radius 1 is 1.23 bits per heavy atom. The second-order valence-corrected chi connectivity index (χ2v) is 9.24. The van der Waals surface area contributed by atoms with Crippen LogP contribution in [0.5, 0.6) is 0 Å². The number of carbonyl (C=O) groups is 2. The van der Waals surface area contributed by atoms with Crippen LogP contribution in [0.4, 0.5) is 5.95 Å². The highest BCUT2D eigenvalue weighted by atomic mass is 32.2. The first kappa shape index (κ1) is 20.1. The zero-order chi connectivity index (χ0) is 21.5. The van der Waals surface area contributed by atoms with E-state index in [1.807, 2.05) is 24.3 Å². The fourth-order valence-electron chi connectivity index (χ4n) is 3.66. The number of nitrogens with one attached hydrogen (secondary N) is 2. The maximum absolute atomic E-state index is 12.9. The molecule has 4 rings (SSSR count). The van der Waals surface area contributed by atoms with Crippen molar-refractivity contribution in [3.8, 4) is 0 Å². The monoisotopic (exact) mass is 430 g/mol. The molecule has 0 atom stereocenters. The van der Waals surface area contributed by atoms with Crippen LogP contribution in [-0.2, 0) is 21.9 Å². The van der Waals surface area contributed by atoms with E-state index in [-0.39, 0.29) is 35.5 Å². The van der Waals surface area contributed by atoms with E-state index in [1.165, 1.54) is 21.1 Å². The summed E-state index contributed by atoms with van der Waals surface area (Å²) < 4.78 is 28.5. The number of rotatable bonds is 5. The van der Waals surface area contributed by atoms with E-state index in [0.29, 0.717) is 18.8 Å². The number of fused-ring (bicyclic) bond motifs is 1. The van der Waals surface area contributed by atoms with E-state index in [2.05, 4.69) is 15.3 Å². The lowest BCUT2D eigenvalue weighted by molar-refractivity contribution is -0.121. The molecule has 11 heteroatoms. The Balaban J connectivity index is 1.40. The van der Waals surface area contributed by atoms with Crippen LogP contribution in [0.25, 0.3) is 11.0 Å². The van der Waals surface area contributed by atoms with Crippen molar-refractivity contribution < 1.29 is 18.0 Å². The zero-order valence-corrected chi connectivity index (χ0v) is 17.1. The minimum atomic E-state index is -3.77. The van der Waals surface area contributed by atoms with Gasteiger partial charge in [0.2, 0.25) is 21.9 Å². The molecule has 2 aromatic heterocycles. The highest BCUT2D eigenvalue weighted by molar-refractivity contribution is 7.89. The molecule has 2 amide bonds. The van der Waals surface area contributed by atoms with E-state index in [1.54, 1.807) is 7.05 Å². The van der Waals surface area contributed by atoms with Gasteiger partial charge in [-0.1, -0.05) is 12.1 Å². The molecule has 1 aliphatic rings. The summed E-state index contributed by atoms with van der Waals surface area (Å²) in [5.74, 6) is -0.831. The Bertz CT molecular complexity index is 1190. The Hall–Kier alpha value is -3.18. The molecule has 0 unspecified atom stereocenters. The number of carbonyl (C=O) groups excluding carboxylic acids is 2. The molecule has 0 bridgehead atoms. The molecule has 0 radical (unpaired) electrons. The number of piperidine rings is 1. The Morgan fingerprint density at radius 2 is 1.93 bits per heavy atom. The Labute approximate surface area is 173 Å². The summed E-state index contributed by atoms with van der Waals surface area (Å²) in [6.07, 6.45) is 2.15. The fourth-order valence-corrected chi connectivity index (χ4v) is 5.20. The van der Waals surface area contributed by atoms with Crippen LogP contribution in [0.2, 0.25) is 0 Å². The second-order valence-electron chi connectivity index (χ2n) is 7.31. The molecule has 10 nitrogen and oxygen atoms in total. The van der Waals surface area contributed by atoms with Gasteiger partial charge in [-0.15, -0.1) is 0 Å². The maximum Gasteiger partial charge on any atom is 0.265 e. The molecule has 0 aliphatic carbocycles. The lowest BCUT2D eigenvalue weighted by atomic mass is 9.97. The summed E-state index contributed by atoms with van der Waals surface area (Å²) in [7, 11) is -2.20. The standard InChI is InChI=1S/C19H22N6O4S/c1-24-11-13(10-16(24)17(20)26)30(28,29)25-8-6-12(7-9-25)18(27)23-19-21-14-4-2-3-5-15(14)22-19/h2-5,10-12H,6-9H2,1H3,(H2,20,26)(H2,21,22,23,27). The number of aromatic amines is 1. The van der Waals surface area contributed by atoms with Crippen molar-refractivity contribution in [3.63, 3.8) is 0 Å². The van der Waals surface area contributed by atoms with E-state index in [9.17, 15) is 18.0 Å². The van der Waals surface area contributed by atoms with Gasteiger partial charge in [-0.3, -0.25) is 14.9 Å². The maximum atomic E-state index is 12.9. The number of anilines is 1. The van der Waals surface area contributed by atoms with Crippen molar-refractivity contribution in [2.45, 2.75) is 17.7 Å². The van der Waals surface area contributed by atoms with Gasteiger partial charge in [-0.25, -0.2) is 13.4 Å². The van der Waals surface area contributed by atoms with Gasteiger partial charge in [-0.05, 0) is 31.0 Å². The van der Waals surface area contributed by atoms with E-state index < -0.39 is 15.9 Å². The Kier molecular flexibility index (Phi) is 5.08. The van der Waals surface area contributed by atoms with Crippen LogP contribution in [0.1, 0.15) is 23.3 Å². The predicted molar refractivity (Wildman–Crippen MR) is 110 cm³/mol. The number of imidazole rings is 1. The largest absolute Gasteiger partial charge is 0.364 e. The Morgan fingerprint density at radius 3 is 2.57 bits per heavy atom.